The van der Waals surface area contributed by atoms with E-state index < -0.39 is 11.7 Å². The Labute approximate surface area is 129 Å². The maximum absolute atomic E-state index is 12.7. The number of thiocarbonyl (C=S) groups is 1. The van der Waals surface area contributed by atoms with E-state index in [1.54, 1.807) is 11.3 Å². The van der Waals surface area contributed by atoms with Gasteiger partial charge in [-0.1, -0.05) is 12.2 Å². The fourth-order valence-electron chi connectivity index (χ4n) is 1.84. The number of nitrogens with two attached hydrogens (primary N) is 1. The van der Waals surface area contributed by atoms with Crippen molar-refractivity contribution in [1.29, 1.82) is 0 Å². The second-order valence-corrected chi connectivity index (χ2v) is 6.30. The van der Waals surface area contributed by atoms with E-state index in [4.69, 9.17) is 18.0 Å². The fourth-order valence-corrected chi connectivity index (χ4v) is 2.84. The highest BCUT2D eigenvalue weighted by Gasteiger charge is 2.31. The highest BCUT2D eigenvalue weighted by Crippen LogP contribution is 2.32. The molecule has 0 aliphatic carbocycles. The SMILES string of the molecule is Cc1ccc(CNc2ccc(C(F)(F)F)cc2C(N)=S)s1. The Morgan fingerprint density at radius 2 is 2.00 bits per heavy atom. The van der Waals surface area contributed by atoms with Gasteiger partial charge < -0.3 is 11.1 Å². The Morgan fingerprint density at radius 1 is 1.29 bits per heavy atom. The zero-order valence-electron chi connectivity index (χ0n) is 11.1. The van der Waals surface area contributed by atoms with Gasteiger partial charge in [0.1, 0.15) is 4.99 Å². The highest BCUT2D eigenvalue weighted by atomic mass is 32.1. The summed E-state index contributed by atoms with van der Waals surface area (Å²) in [6.45, 7) is 2.51. The average Bonchev–Trinajstić information content (AvgIpc) is 2.80. The van der Waals surface area contributed by atoms with Gasteiger partial charge in [-0.05, 0) is 37.3 Å². The van der Waals surface area contributed by atoms with Gasteiger partial charge in [0.05, 0.1) is 5.56 Å². The van der Waals surface area contributed by atoms with Crippen LogP contribution in [0.4, 0.5) is 18.9 Å². The first-order valence-corrected chi connectivity index (χ1v) is 7.30. The minimum Gasteiger partial charge on any atom is -0.389 e. The third kappa shape index (κ3) is 3.95. The maximum Gasteiger partial charge on any atom is 0.416 e. The van der Waals surface area contributed by atoms with Crippen LogP contribution in [0, 0.1) is 6.92 Å². The van der Waals surface area contributed by atoms with Gasteiger partial charge in [-0.2, -0.15) is 13.2 Å². The van der Waals surface area contributed by atoms with Crippen molar-refractivity contribution in [2.24, 2.45) is 5.73 Å². The van der Waals surface area contributed by atoms with Crippen LogP contribution >= 0.6 is 23.6 Å². The van der Waals surface area contributed by atoms with Crippen LogP contribution in [0.25, 0.3) is 0 Å². The molecule has 0 radical (unpaired) electrons. The van der Waals surface area contributed by atoms with Gasteiger partial charge in [-0.25, -0.2) is 0 Å². The molecule has 7 heteroatoms. The number of aryl methyl sites for hydroxylation is 1. The average molecular weight is 330 g/mol. The van der Waals surface area contributed by atoms with E-state index in [2.05, 4.69) is 5.32 Å². The van der Waals surface area contributed by atoms with Gasteiger partial charge in [0.15, 0.2) is 0 Å². The summed E-state index contributed by atoms with van der Waals surface area (Å²) in [7, 11) is 0. The number of anilines is 1. The zero-order valence-corrected chi connectivity index (χ0v) is 12.8. The summed E-state index contributed by atoms with van der Waals surface area (Å²) in [4.78, 5) is 2.20. The molecule has 0 saturated carbocycles. The van der Waals surface area contributed by atoms with Gasteiger partial charge in [-0.3, -0.25) is 0 Å². The van der Waals surface area contributed by atoms with Crippen molar-refractivity contribution >= 4 is 34.2 Å². The number of hydrogen-bond acceptors (Lipinski definition) is 3. The topological polar surface area (TPSA) is 38.0 Å². The van der Waals surface area contributed by atoms with Crippen LogP contribution in [-0.4, -0.2) is 4.99 Å². The van der Waals surface area contributed by atoms with E-state index in [0.717, 1.165) is 17.0 Å². The molecular formula is C14H13F3N2S2. The van der Waals surface area contributed by atoms with Crippen LogP contribution in [-0.2, 0) is 12.7 Å². The van der Waals surface area contributed by atoms with E-state index in [0.29, 0.717) is 12.2 Å². The third-order valence-corrected chi connectivity index (χ3v) is 4.08. The standard InChI is InChI=1S/C14H13F3N2S2/c1-8-2-4-10(21-8)7-19-12-5-3-9(14(15,16)17)6-11(12)13(18)20/h2-6,19H,7H2,1H3,(H2,18,20). The summed E-state index contributed by atoms with van der Waals surface area (Å²) in [5.74, 6) is 0. The Hall–Kier alpha value is -1.60. The molecule has 0 bridgehead atoms. The molecule has 112 valence electrons. The van der Waals surface area contributed by atoms with Gasteiger partial charge >= 0.3 is 6.18 Å². The molecule has 3 N–H and O–H groups in total. The number of halogens is 3. The molecule has 2 rings (SSSR count). The van der Waals surface area contributed by atoms with Gasteiger partial charge in [0, 0.05) is 27.5 Å². The summed E-state index contributed by atoms with van der Waals surface area (Å²) in [6.07, 6.45) is -4.41. The lowest BCUT2D eigenvalue weighted by molar-refractivity contribution is -0.137. The summed E-state index contributed by atoms with van der Waals surface area (Å²) >= 11 is 6.46. The first-order valence-electron chi connectivity index (χ1n) is 6.07. The quantitative estimate of drug-likeness (QED) is 0.820. The van der Waals surface area contributed by atoms with E-state index in [-0.39, 0.29) is 10.6 Å². The van der Waals surface area contributed by atoms with Crippen molar-refractivity contribution in [2.75, 3.05) is 5.32 Å². The van der Waals surface area contributed by atoms with Crippen LogP contribution in [0.1, 0.15) is 20.9 Å². The van der Waals surface area contributed by atoms with Crippen molar-refractivity contribution in [3.05, 3.63) is 51.2 Å². The van der Waals surface area contributed by atoms with Crippen LogP contribution in [0.3, 0.4) is 0 Å². The molecule has 0 amide bonds. The van der Waals surface area contributed by atoms with E-state index >= 15 is 0 Å². The van der Waals surface area contributed by atoms with Gasteiger partial charge in [0.2, 0.25) is 0 Å². The lowest BCUT2D eigenvalue weighted by Gasteiger charge is -2.14. The highest BCUT2D eigenvalue weighted by molar-refractivity contribution is 7.80. The van der Waals surface area contributed by atoms with Crippen molar-refractivity contribution < 1.29 is 13.2 Å². The molecule has 0 aliphatic rings. The molecule has 21 heavy (non-hydrogen) atoms. The minimum absolute atomic E-state index is 0.0639. The lowest BCUT2D eigenvalue weighted by Crippen LogP contribution is -2.15. The molecule has 0 unspecified atom stereocenters. The van der Waals surface area contributed by atoms with Crippen LogP contribution in [0.5, 0.6) is 0 Å². The number of thiophene rings is 1. The molecular weight excluding hydrogens is 317 g/mol. The number of rotatable bonds is 4. The Morgan fingerprint density at radius 3 is 2.52 bits per heavy atom. The van der Waals surface area contributed by atoms with Crippen molar-refractivity contribution in [2.45, 2.75) is 19.6 Å². The second-order valence-electron chi connectivity index (χ2n) is 4.49. The number of nitrogens with one attached hydrogen (secondary N) is 1. The van der Waals surface area contributed by atoms with E-state index in [1.807, 2.05) is 19.1 Å². The number of hydrogen-bond donors (Lipinski definition) is 2. The smallest absolute Gasteiger partial charge is 0.389 e. The zero-order chi connectivity index (χ0) is 15.6. The van der Waals surface area contributed by atoms with E-state index in [1.165, 1.54) is 10.9 Å². The predicted octanol–water partition coefficient (Wildman–Crippen LogP) is 4.32. The van der Waals surface area contributed by atoms with Crippen molar-refractivity contribution in [1.82, 2.24) is 0 Å². The molecule has 1 aromatic carbocycles. The molecule has 2 nitrogen and oxygen atoms in total. The monoisotopic (exact) mass is 330 g/mol. The van der Waals surface area contributed by atoms with Crippen LogP contribution in [0.15, 0.2) is 30.3 Å². The normalized spacial score (nSPS) is 11.4. The summed E-state index contributed by atoms with van der Waals surface area (Å²) in [5.41, 5.74) is 5.47. The number of alkyl halides is 3. The minimum atomic E-state index is -4.41. The Kier molecular flexibility index (Phi) is 4.53. The molecule has 2 aromatic rings. The molecule has 0 atom stereocenters. The summed E-state index contributed by atoms with van der Waals surface area (Å²) < 4.78 is 38.1. The van der Waals surface area contributed by atoms with Gasteiger partial charge in [-0.15, -0.1) is 11.3 Å². The number of benzene rings is 1. The molecule has 1 heterocycles. The van der Waals surface area contributed by atoms with E-state index in [9.17, 15) is 13.2 Å². The summed E-state index contributed by atoms with van der Waals surface area (Å²) in [6, 6.07) is 7.31. The predicted molar refractivity (Wildman–Crippen MR) is 83.7 cm³/mol. The molecule has 0 saturated heterocycles. The molecule has 1 aromatic heterocycles. The Bertz CT molecular complexity index is 662. The lowest BCUT2D eigenvalue weighted by atomic mass is 10.1. The summed E-state index contributed by atoms with van der Waals surface area (Å²) in [5, 5.41) is 3.08. The first kappa shape index (κ1) is 15.8. The first-order chi connectivity index (χ1) is 9.77. The van der Waals surface area contributed by atoms with Crippen LogP contribution < -0.4 is 11.1 Å². The second kappa shape index (κ2) is 6.03. The fraction of sp³-hybridized carbons (Fsp3) is 0.214. The molecule has 0 fully saturated rings. The third-order valence-electron chi connectivity index (χ3n) is 2.86. The van der Waals surface area contributed by atoms with Gasteiger partial charge in [0.25, 0.3) is 0 Å². The van der Waals surface area contributed by atoms with Crippen LogP contribution in [0.2, 0.25) is 0 Å². The maximum atomic E-state index is 12.7. The van der Waals surface area contributed by atoms with Crippen molar-refractivity contribution in [3.8, 4) is 0 Å². The Balaban J connectivity index is 2.24. The molecule has 0 spiro atoms. The molecule has 0 aliphatic heterocycles. The largest absolute Gasteiger partial charge is 0.416 e. The van der Waals surface area contributed by atoms with Crippen molar-refractivity contribution in [3.63, 3.8) is 0 Å².